The van der Waals surface area contributed by atoms with Crippen molar-refractivity contribution in [2.45, 2.75) is 6.61 Å². The summed E-state index contributed by atoms with van der Waals surface area (Å²) < 4.78 is 10.8. The summed E-state index contributed by atoms with van der Waals surface area (Å²) in [5, 5.41) is 3.51. The second-order valence-electron chi connectivity index (χ2n) is 6.59. The molecule has 2 amide bonds. The van der Waals surface area contributed by atoms with E-state index in [9.17, 15) is 14.4 Å². The number of carbonyl (C=O) groups is 3. The number of esters is 1. The summed E-state index contributed by atoms with van der Waals surface area (Å²) in [6.07, 6.45) is 0. The summed E-state index contributed by atoms with van der Waals surface area (Å²) in [6, 6.07) is 17.5. The third kappa shape index (κ3) is 6.23. The number of carbonyl (C=O) groups excluding carboxylic acids is 3. The van der Waals surface area contributed by atoms with Gasteiger partial charge >= 0.3 is 5.97 Å². The van der Waals surface area contributed by atoms with Crippen molar-refractivity contribution < 1.29 is 23.9 Å². The van der Waals surface area contributed by atoms with E-state index in [1.807, 2.05) is 0 Å². The van der Waals surface area contributed by atoms with E-state index in [4.69, 9.17) is 38.4 Å². The minimum Gasteiger partial charge on any atom is -0.488 e. The fourth-order valence-electron chi connectivity index (χ4n) is 2.68. The van der Waals surface area contributed by atoms with Gasteiger partial charge in [-0.2, -0.15) is 0 Å². The van der Waals surface area contributed by atoms with Crippen molar-refractivity contribution in [2.24, 2.45) is 5.73 Å². The van der Waals surface area contributed by atoms with Gasteiger partial charge in [-0.15, -0.1) is 0 Å². The lowest BCUT2D eigenvalue weighted by Gasteiger charge is -2.12. The van der Waals surface area contributed by atoms with Gasteiger partial charge in [-0.25, -0.2) is 4.79 Å². The van der Waals surface area contributed by atoms with Crippen LogP contribution in [0.15, 0.2) is 66.7 Å². The van der Waals surface area contributed by atoms with Gasteiger partial charge in [0, 0.05) is 26.9 Å². The van der Waals surface area contributed by atoms with Crippen molar-refractivity contribution in [3.05, 3.63) is 93.5 Å². The molecule has 0 radical (unpaired) electrons. The number of hydrogen-bond acceptors (Lipinski definition) is 5. The number of hydrogen-bond donors (Lipinski definition) is 2. The van der Waals surface area contributed by atoms with Gasteiger partial charge in [0.1, 0.15) is 17.9 Å². The summed E-state index contributed by atoms with van der Waals surface area (Å²) in [7, 11) is 0. The first-order chi connectivity index (χ1) is 15.3. The van der Waals surface area contributed by atoms with E-state index in [1.54, 1.807) is 36.4 Å². The van der Waals surface area contributed by atoms with Crippen LogP contribution in [0.2, 0.25) is 10.0 Å². The van der Waals surface area contributed by atoms with Gasteiger partial charge in [-0.1, -0.05) is 41.4 Å². The molecular weight excluding hydrogens is 455 g/mol. The van der Waals surface area contributed by atoms with Gasteiger partial charge in [0.15, 0.2) is 6.61 Å². The van der Waals surface area contributed by atoms with Gasteiger partial charge in [0.25, 0.3) is 5.91 Å². The number of ether oxygens (including phenoxy) is 2. The fourth-order valence-corrected chi connectivity index (χ4v) is 3.14. The number of anilines is 1. The van der Waals surface area contributed by atoms with Crippen LogP contribution >= 0.6 is 23.2 Å². The van der Waals surface area contributed by atoms with E-state index >= 15 is 0 Å². The average molecular weight is 473 g/mol. The van der Waals surface area contributed by atoms with Crippen molar-refractivity contribution in [3.63, 3.8) is 0 Å². The van der Waals surface area contributed by atoms with Gasteiger partial charge in [-0.05, 0) is 48.5 Å². The molecule has 0 heterocycles. The van der Waals surface area contributed by atoms with Crippen molar-refractivity contribution in [2.75, 3.05) is 11.9 Å². The highest BCUT2D eigenvalue weighted by Crippen LogP contribution is 2.25. The second kappa shape index (κ2) is 10.7. The maximum absolute atomic E-state index is 12.5. The third-order valence-corrected chi connectivity index (χ3v) is 4.88. The van der Waals surface area contributed by atoms with Crippen LogP contribution in [-0.2, 0) is 16.1 Å². The van der Waals surface area contributed by atoms with Crippen LogP contribution in [0.5, 0.6) is 5.75 Å². The molecule has 164 valence electrons. The summed E-state index contributed by atoms with van der Waals surface area (Å²) in [6.45, 7) is -0.393. The Balaban J connectivity index is 1.58. The van der Waals surface area contributed by atoms with Gasteiger partial charge in [0.2, 0.25) is 5.91 Å². The SMILES string of the molecule is NC(=O)c1ccc(NC(=O)COC(=O)c2ccccc2OCc2ccc(Cl)cc2Cl)cc1. The zero-order valence-corrected chi connectivity index (χ0v) is 18.2. The molecule has 3 aromatic rings. The van der Waals surface area contributed by atoms with Crippen LogP contribution in [0.4, 0.5) is 5.69 Å². The number of para-hydroxylation sites is 1. The van der Waals surface area contributed by atoms with Crippen LogP contribution in [0, 0.1) is 0 Å². The van der Waals surface area contributed by atoms with Crippen molar-refractivity contribution in [3.8, 4) is 5.75 Å². The molecule has 0 fully saturated rings. The Labute approximate surface area is 194 Å². The standard InChI is InChI=1S/C23H18Cl2N2O5/c24-16-8-5-15(19(25)11-16)12-31-20-4-2-1-3-18(20)23(30)32-13-21(28)27-17-9-6-14(7-10-17)22(26)29/h1-11H,12-13H2,(H2,26,29)(H,27,28). The maximum Gasteiger partial charge on any atom is 0.342 e. The Morgan fingerprint density at radius 1 is 0.938 bits per heavy atom. The van der Waals surface area contributed by atoms with Crippen LogP contribution < -0.4 is 15.8 Å². The van der Waals surface area contributed by atoms with Crippen LogP contribution in [0.25, 0.3) is 0 Å². The van der Waals surface area contributed by atoms with Crippen LogP contribution in [0.1, 0.15) is 26.3 Å². The topological polar surface area (TPSA) is 108 Å². The van der Waals surface area contributed by atoms with E-state index in [2.05, 4.69) is 5.32 Å². The van der Waals surface area contributed by atoms with Gasteiger partial charge in [-0.3, -0.25) is 9.59 Å². The van der Waals surface area contributed by atoms with E-state index in [0.717, 1.165) is 0 Å². The fraction of sp³-hybridized carbons (Fsp3) is 0.0870. The normalized spacial score (nSPS) is 10.3. The first-order valence-corrected chi connectivity index (χ1v) is 10.1. The Bertz CT molecular complexity index is 1150. The lowest BCUT2D eigenvalue weighted by atomic mass is 10.2. The number of amides is 2. The Morgan fingerprint density at radius 3 is 2.34 bits per heavy atom. The van der Waals surface area contributed by atoms with Crippen molar-refractivity contribution >= 4 is 46.7 Å². The number of nitrogens with two attached hydrogens (primary N) is 1. The molecule has 3 aromatic carbocycles. The van der Waals surface area contributed by atoms with Crippen LogP contribution in [-0.4, -0.2) is 24.4 Å². The molecule has 0 aromatic heterocycles. The summed E-state index contributed by atoms with van der Waals surface area (Å²) in [5.41, 5.74) is 6.78. The largest absolute Gasteiger partial charge is 0.488 e. The average Bonchev–Trinajstić information content (AvgIpc) is 2.77. The molecule has 0 saturated heterocycles. The lowest BCUT2D eigenvalue weighted by molar-refractivity contribution is -0.119. The number of benzene rings is 3. The quantitative estimate of drug-likeness (QED) is 0.470. The molecule has 0 unspecified atom stereocenters. The maximum atomic E-state index is 12.5. The highest BCUT2D eigenvalue weighted by Gasteiger charge is 2.16. The minimum absolute atomic E-state index is 0.113. The molecule has 0 aliphatic heterocycles. The van der Waals surface area contributed by atoms with E-state index < -0.39 is 24.4 Å². The lowest BCUT2D eigenvalue weighted by Crippen LogP contribution is -2.21. The van der Waals surface area contributed by atoms with E-state index in [0.29, 0.717) is 26.9 Å². The molecule has 7 nitrogen and oxygen atoms in total. The third-order valence-electron chi connectivity index (χ3n) is 4.29. The smallest absolute Gasteiger partial charge is 0.342 e. The molecule has 0 atom stereocenters. The molecule has 9 heteroatoms. The molecule has 0 spiro atoms. The number of halogens is 2. The zero-order valence-electron chi connectivity index (χ0n) is 16.6. The Hall–Kier alpha value is -3.55. The highest BCUT2D eigenvalue weighted by molar-refractivity contribution is 6.35. The summed E-state index contributed by atoms with van der Waals surface area (Å²) >= 11 is 12.0. The summed E-state index contributed by atoms with van der Waals surface area (Å²) in [5.74, 6) is -1.56. The number of primary amides is 1. The number of rotatable bonds is 8. The first-order valence-electron chi connectivity index (χ1n) is 9.36. The molecule has 0 saturated carbocycles. The second-order valence-corrected chi connectivity index (χ2v) is 7.43. The van der Waals surface area contributed by atoms with E-state index in [-0.39, 0.29) is 17.9 Å². The molecular formula is C23H18Cl2N2O5. The molecule has 32 heavy (non-hydrogen) atoms. The zero-order chi connectivity index (χ0) is 23.1. The number of nitrogens with one attached hydrogen (secondary N) is 1. The minimum atomic E-state index is -0.720. The first kappa shape index (κ1) is 23.1. The predicted molar refractivity (Wildman–Crippen MR) is 121 cm³/mol. The molecule has 0 aliphatic carbocycles. The van der Waals surface area contributed by atoms with Crippen LogP contribution in [0.3, 0.4) is 0 Å². The van der Waals surface area contributed by atoms with Gasteiger partial charge < -0.3 is 20.5 Å². The monoisotopic (exact) mass is 472 g/mol. The molecule has 3 N–H and O–H groups in total. The molecule has 0 aliphatic rings. The van der Waals surface area contributed by atoms with E-state index in [1.165, 1.54) is 30.3 Å². The predicted octanol–water partition coefficient (Wildman–Crippen LogP) is 4.47. The van der Waals surface area contributed by atoms with Gasteiger partial charge in [0.05, 0.1) is 0 Å². The Kier molecular flexibility index (Phi) is 7.70. The molecule has 3 rings (SSSR count). The summed E-state index contributed by atoms with van der Waals surface area (Å²) in [4.78, 5) is 35.7. The Morgan fingerprint density at radius 2 is 1.66 bits per heavy atom. The van der Waals surface area contributed by atoms with Crippen molar-refractivity contribution in [1.82, 2.24) is 0 Å². The highest BCUT2D eigenvalue weighted by atomic mass is 35.5. The van der Waals surface area contributed by atoms with Crippen molar-refractivity contribution in [1.29, 1.82) is 0 Å². The molecule has 0 bridgehead atoms.